The third-order valence-electron chi connectivity index (χ3n) is 13.8. The van der Waals surface area contributed by atoms with E-state index >= 15 is 0 Å². The SMILES string of the molecule is CCCCCCCCCCC/C=C\C/C=C\CCCCCCCCCCCC(=O)NC(COC1OC(CO)C(O)C(OS(=O)(=O)O)C1O)C(O)CCCCCCCCCCCCCCCCCCC. The van der Waals surface area contributed by atoms with E-state index in [2.05, 4.69) is 47.7 Å². The van der Waals surface area contributed by atoms with Gasteiger partial charge in [-0.2, -0.15) is 8.42 Å². The Bertz CT molecular complexity index is 1320. The van der Waals surface area contributed by atoms with Gasteiger partial charge in [0, 0.05) is 6.42 Å². The van der Waals surface area contributed by atoms with Crippen LogP contribution in [-0.4, -0.2) is 95.4 Å². The predicted molar refractivity (Wildman–Crippen MR) is 282 cm³/mol. The largest absolute Gasteiger partial charge is 0.397 e. The van der Waals surface area contributed by atoms with Gasteiger partial charge in [-0.25, -0.2) is 4.18 Å². The molecule has 1 aliphatic rings. The maximum Gasteiger partial charge on any atom is 0.397 e. The number of carbonyl (C=O) groups is 1. The lowest BCUT2D eigenvalue weighted by atomic mass is 9.99. The van der Waals surface area contributed by atoms with Gasteiger partial charge >= 0.3 is 10.4 Å². The molecule has 0 aliphatic carbocycles. The molecule has 0 radical (unpaired) electrons. The first-order valence-electron chi connectivity index (χ1n) is 28.7. The number of hydrogen-bond acceptors (Lipinski definition) is 10. The van der Waals surface area contributed by atoms with Crippen molar-refractivity contribution in [2.45, 2.75) is 314 Å². The predicted octanol–water partition coefficient (Wildman–Crippen LogP) is 13.2. The Kier molecular flexibility index (Phi) is 44.1. The third-order valence-corrected chi connectivity index (χ3v) is 14.2. The van der Waals surface area contributed by atoms with E-state index in [1.54, 1.807) is 0 Å². The monoisotopic (exact) mass is 1000 g/mol. The van der Waals surface area contributed by atoms with Gasteiger partial charge in [-0.1, -0.05) is 244 Å². The molecule has 0 aromatic heterocycles. The fourth-order valence-corrected chi connectivity index (χ4v) is 9.82. The van der Waals surface area contributed by atoms with Gasteiger partial charge in [-0.15, -0.1) is 0 Å². The van der Waals surface area contributed by atoms with Crippen molar-refractivity contribution in [2.75, 3.05) is 13.2 Å². The number of carbonyl (C=O) groups excluding carboxylic acids is 1. The topological polar surface area (TPSA) is 192 Å². The zero-order valence-electron chi connectivity index (χ0n) is 44.1. The summed E-state index contributed by atoms with van der Waals surface area (Å²) in [5, 5.41) is 45.1. The molecule has 0 aromatic rings. The van der Waals surface area contributed by atoms with Crippen LogP contribution in [0.4, 0.5) is 0 Å². The fourth-order valence-electron chi connectivity index (χ4n) is 9.32. The fraction of sp³-hybridized carbons (Fsp3) is 0.911. The Morgan fingerprint density at radius 1 is 0.580 bits per heavy atom. The van der Waals surface area contributed by atoms with Gasteiger partial charge < -0.3 is 35.2 Å². The molecule has 1 fully saturated rings. The third kappa shape index (κ3) is 38.8. The number of unbranched alkanes of at least 4 members (excludes halogenated alkanes) is 34. The van der Waals surface area contributed by atoms with E-state index in [9.17, 15) is 38.2 Å². The molecule has 1 amide bonds. The number of aliphatic hydroxyl groups is 4. The first-order chi connectivity index (χ1) is 33.5. The highest BCUT2D eigenvalue weighted by molar-refractivity contribution is 7.80. The molecule has 13 heteroatoms. The van der Waals surface area contributed by atoms with Crippen LogP contribution in [0.25, 0.3) is 0 Å². The van der Waals surface area contributed by atoms with Crippen molar-refractivity contribution < 1.29 is 51.8 Å². The van der Waals surface area contributed by atoms with Gasteiger partial charge in [-0.05, 0) is 44.9 Å². The highest BCUT2D eigenvalue weighted by Crippen LogP contribution is 2.26. The second-order valence-corrected chi connectivity index (χ2v) is 21.3. The van der Waals surface area contributed by atoms with Gasteiger partial charge in [-0.3, -0.25) is 9.35 Å². The molecular weight excluding hydrogens is 895 g/mol. The second-order valence-electron chi connectivity index (χ2n) is 20.2. The number of aliphatic hydroxyl groups excluding tert-OH is 4. The summed E-state index contributed by atoms with van der Waals surface area (Å²) < 4.78 is 47.9. The van der Waals surface area contributed by atoms with E-state index in [-0.39, 0.29) is 18.9 Å². The maximum atomic E-state index is 13.1. The minimum absolute atomic E-state index is 0.231. The Morgan fingerprint density at radius 3 is 1.38 bits per heavy atom. The average molecular weight is 1000 g/mol. The molecule has 1 heterocycles. The lowest BCUT2D eigenvalue weighted by molar-refractivity contribution is -0.298. The van der Waals surface area contributed by atoms with E-state index < -0.39 is 59.9 Å². The zero-order valence-corrected chi connectivity index (χ0v) is 45.0. The molecule has 7 unspecified atom stereocenters. The van der Waals surface area contributed by atoms with E-state index in [1.165, 1.54) is 180 Å². The summed E-state index contributed by atoms with van der Waals surface area (Å²) in [6.07, 6.45) is 47.5. The molecule has 0 bridgehead atoms. The number of hydrogen-bond donors (Lipinski definition) is 6. The smallest absolute Gasteiger partial charge is 0.394 e. The molecule has 0 aromatic carbocycles. The van der Waals surface area contributed by atoms with Crippen molar-refractivity contribution in [1.29, 1.82) is 0 Å². The van der Waals surface area contributed by atoms with Gasteiger partial charge in [0.25, 0.3) is 0 Å². The van der Waals surface area contributed by atoms with Crippen LogP contribution in [0.3, 0.4) is 0 Å². The molecule has 0 saturated carbocycles. The quantitative estimate of drug-likeness (QED) is 0.0193. The van der Waals surface area contributed by atoms with Crippen molar-refractivity contribution >= 4 is 16.3 Å². The molecule has 1 saturated heterocycles. The highest BCUT2D eigenvalue weighted by Gasteiger charge is 2.48. The van der Waals surface area contributed by atoms with Gasteiger partial charge in [0.1, 0.15) is 24.4 Å². The van der Waals surface area contributed by atoms with Crippen molar-refractivity contribution in [3.8, 4) is 0 Å². The molecule has 7 atom stereocenters. The van der Waals surface area contributed by atoms with Crippen LogP contribution in [-0.2, 0) is 28.9 Å². The summed E-state index contributed by atoms with van der Waals surface area (Å²) in [5.74, 6) is -0.231. The van der Waals surface area contributed by atoms with E-state index in [1.807, 2.05) is 0 Å². The van der Waals surface area contributed by atoms with Gasteiger partial charge in [0.15, 0.2) is 6.29 Å². The second kappa shape index (κ2) is 46.4. The molecular formula is C56H107NO11S. The number of amides is 1. The summed E-state index contributed by atoms with van der Waals surface area (Å²) in [6, 6.07) is -0.860. The Labute approximate surface area is 422 Å². The van der Waals surface area contributed by atoms with Crippen LogP contribution in [0.2, 0.25) is 0 Å². The average Bonchev–Trinajstić information content (AvgIpc) is 3.32. The summed E-state index contributed by atoms with van der Waals surface area (Å²) >= 11 is 0. The first kappa shape index (κ1) is 65.6. The summed E-state index contributed by atoms with van der Waals surface area (Å²) in [6.45, 7) is 3.48. The van der Waals surface area contributed by atoms with Gasteiger partial charge in [0.2, 0.25) is 5.91 Å². The zero-order chi connectivity index (χ0) is 50.5. The van der Waals surface area contributed by atoms with E-state index in [4.69, 9.17) is 9.47 Å². The minimum atomic E-state index is -5.08. The van der Waals surface area contributed by atoms with Crippen molar-refractivity contribution in [3.63, 3.8) is 0 Å². The lowest BCUT2D eigenvalue weighted by Crippen LogP contribution is -2.61. The first-order valence-corrected chi connectivity index (χ1v) is 30.1. The lowest BCUT2D eigenvalue weighted by Gasteiger charge is -2.41. The molecule has 69 heavy (non-hydrogen) atoms. The van der Waals surface area contributed by atoms with Crippen LogP contribution in [0.1, 0.15) is 271 Å². The van der Waals surface area contributed by atoms with E-state index in [0.29, 0.717) is 12.8 Å². The summed E-state index contributed by atoms with van der Waals surface area (Å²) in [5.41, 5.74) is 0. The van der Waals surface area contributed by atoms with Crippen LogP contribution in [0.5, 0.6) is 0 Å². The van der Waals surface area contributed by atoms with Crippen LogP contribution in [0, 0.1) is 0 Å². The molecule has 1 aliphatic heterocycles. The molecule has 0 spiro atoms. The van der Waals surface area contributed by atoms with Crippen molar-refractivity contribution in [3.05, 3.63) is 24.3 Å². The minimum Gasteiger partial charge on any atom is -0.394 e. The number of ether oxygens (including phenoxy) is 2. The van der Waals surface area contributed by atoms with E-state index in [0.717, 1.165) is 57.8 Å². The number of nitrogens with one attached hydrogen (secondary N) is 1. The van der Waals surface area contributed by atoms with Crippen molar-refractivity contribution in [2.24, 2.45) is 0 Å². The molecule has 1 rings (SSSR count). The number of rotatable bonds is 50. The maximum absolute atomic E-state index is 13.1. The van der Waals surface area contributed by atoms with Gasteiger partial charge in [0.05, 0.1) is 25.4 Å². The number of allylic oxidation sites excluding steroid dienone is 4. The highest BCUT2D eigenvalue weighted by atomic mass is 32.3. The van der Waals surface area contributed by atoms with Crippen LogP contribution in [0.15, 0.2) is 24.3 Å². The van der Waals surface area contributed by atoms with Crippen molar-refractivity contribution in [1.82, 2.24) is 5.32 Å². The Balaban J connectivity index is 2.35. The summed E-state index contributed by atoms with van der Waals surface area (Å²) in [7, 11) is -5.08. The summed E-state index contributed by atoms with van der Waals surface area (Å²) in [4.78, 5) is 13.1. The van der Waals surface area contributed by atoms with Crippen LogP contribution >= 0.6 is 0 Å². The Morgan fingerprint density at radius 2 is 0.971 bits per heavy atom. The molecule has 6 N–H and O–H groups in total. The molecule has 408 valence electrons. The normalized spacial score (nSPS) is 19.8. The Hall–Kier alpha value is -1.42. The standard InChI is InChI=1S/C56H107NO11S/c1-3-5-7-9-11-13-15-17-19-21-22-23-24-25-26-27-28-30-32-34-36-38-40-42-44-46-52(60)57-49(48-66-56-54(62)55(68-69(63,64)65)53(61)51(47-58)67-56)50(59)45-43-41-39-37-35-33-31-29-20-18-16-14-12-10-8-6-4-2/h22-23,25-26,49-51,53-56,58-59,61-62H,3-21,24,27-48H2,1-2H3,(H,57,60)(H,63,64,65)/b23-22-,26-25-. The molecule has 12 nitrogen and oxygen atoms in total. The van der Waals surface area contributed by atoms with Crippen LogP contribution < -0.4 is 5.32 Å².